The summed E-state index contributed by atoms with van der Waals surface area (Å²) >= 11 is 0. The fraction of sp³-hybridized carbons (Fsp3) is 0.200. The fourth-order valence-electron chi connectivity index (χ4n) is 2.32. The van der Waals surface area contributed by atoms with Gasteiger partial charge in [-0.3, -0.25) is 4.79 Å². The molecule has 0 saturated heterocycles. The van der Waals surface area contributed by atoms with E-state index < -0.39 is 5.97 Å². The molecule has 0 spiro atoms. The molecule has 0 saturated carbocycles. The summed E-state index contributed by atoms with van der Waals surface area (Å²) in [5.41, 5.74) is 3.10. The Labute approximate surface area is 110 Å². The average Bonchev–Trinajstić information content (AvgIpc) is 2.76. The molecule has 3 rings (SSSR count). The van der Waals surface area contributed by atoms with Crippen molar-refractivity contribution in [3.63, 3.8) is 0 Å². The van der Waals surface area contributed by atoms with Gasteiger partial charge in [-0.05, 0) is 18.6 Å². The van der Waals surface area contributed by atoms with Gasteiger partial charge in [-0.1, -0.05) is 18.2 Å². The van der Waals surface area contributed by atoms with Gasteiger partial charge in [0.25, 0.3) is 0 Å². The molecular weight excluding hydrogens is 240 g/mol. The highest BCUT2D eigenvalue weighted by Gasteiger charge is 2.11. The van der Waals surface area contributed by atoms with E-state index in [9.17, 15) is 4.79 Å². The van der Waals surface area contributed by atoms with Crippen molar-refractivity contribution in [2.45, 2.75) is 19.4 Å². The number of aliphatic carboxylic acids is 1. The molecular formula is C15H14N2O2. The molecule has 2 aliphatic rings. The van der Waals surface area contributed by atoms with Crippen molar-refractivity contribution >= 4 is 16.9 Å². The van der Waals surface area contributed by atoms with Gasteiger partial charge in [0, 0.05) is 36.3 Å². The number of aromatic nitrogens is 2. The van der Waals surface area contributed by atoms with Crippen molar-refractivity contribution < 1.29 is 9.90 Å². The van der Waals surface area contributed by atoms with Crippen molar-refractivity contribution in [3.8, 4) is 11.3 Å². The second kappa shape index (κ2) is 4.72. The molecule has 0 fully saturated rings. The lowest BCUT2D eigenvalue weighted by Gasteiger charge is -2.08. The van der Waals surface area contributed by atoms with Crippen molar-refractivity contribution in [2.24, 2.45) is 0 Å². The van der Waals surface area contributed by atoms with Crippen molar-refractivity contribution in [1.82, 2.24) is 9.55 Å². The third-order valence-electron chi connectivity index (χ3n) is 3.24. The first-order chi connectivity index (χ1) is 9.24. The summed E-state index contributed by atoms with van der Waals surface area (Å²) in [6, 6.07) is 10.0. The van der Waals surface area contributed by atoms with Crippen LogP contribution in [0.2, 0.25) is 0 Å². The highest BCUT2D eigenvalue weighted by Crippen LogP contribution is 2.30. The zero-order chi connectivity index (χ0) is 13.2. The predicted octanol–water partition coefficient (Wildman–Crippen LogP) is 3.01. The summed E-state index contributed by atoms with van der Waals surface area (Å²) in [7, 11) is 0. The molecule has 4 heteroatoms. The summed E-state index contributed by atoms with van der Waals surface area (Å²) in [5.74, 6) is -0.748. The summed E-state index contributed by atoms with van der Waals surface area (Å²) in [6.07, 6.45) is 4.84. The molecule has 0 aromatic heterocycles. The van der Waals surface area contributed by atoms with Gasteiger partial charge in [0.15, 0.2) is 0 Å². The van der Waals surface area contributed by atoms with Gasteiger partial charge >= 0.3 is 5.97 Å². The number of nitrogens with zero attached hydrogens (tertiary/aromatic N) is 2. The van der Waals surface area contributed by atoms with Crippen molar-refractivity contribution in [1.29, 1.82) is 0 Å². The second-order valence-electron chi connectivity index (χ2n) is 4.61. The van der Waals surface area contributed by atoms with E-state index in [1.807, 2.05) is 41.2 Å². The number of carboxylic acids is 1. The number of hydrogen-bond donors (Lipinski definition) is 1. The lowest BCUT2D eigenvalue weighted by Crippen LogP contribution is -2.02. The lowest BCUT2D eigenvalue weighted by molar-refractivity contribution is -0.137. The minimum absolute atomic E-state index is 0.199. The van der Waals surface area contributed by atoms with Crippen LogP contribution in [0.3, 0.4) is 0 Å². The largest absolute Gasteiger partial charge is 0.481 e. The van der Waals surface area contributed by atoms with Gasteiger partial charge in [-0.2, -0.15) is 0 Å². The minimum Gasteiger partial charge on any atom is -0.481 e. The Kier molecular flexibility index (Phi) is 2.91. The van der Waals surface area contributed by atoms with Gasteiger partial charge in [0.05, 0.1) is 11.2 Å². The summed E-state index contributed by atoms with van der Waals surface area (Å²) in [6.45, 7) is 0.710. The Balaban J connectivity index is 1.93. The molecule has 0 aliphatic carbocycles. The molecule has 1 N–H and O–H groups in total. The Morgan fingerprint density at radius 3 is 2.95 bits per heavy atom. The minimum atomic E-state index is -0.748. The van der Waals surface area contributed by atoms with Gasteiger partial charge < -0.3 is 9.67 Å². The molecule has 4 nitrogen and oxygen atoms in total. The van der Waals surface area contributed by atoms with E-state index in [1.54, 1.807) is 0 Å². The van der Waals surface area contributed by atoms with Gasteiger partial charge in [-0.25, -0.2) is 4.98 Å². The number of rotatable bonds is 4. The van der Waals surface area contributed by atoms with Crippen LogP contribution in [0.5, 0.6) is 0 Å². The average molecular weight is 254 g/mol. The zero-order valence-electron chi connectivity index (χ0n) is 10.4. The van der Waals surface area contributed by atoms with Crippen molar-refractivity contribution in [3.05, 3.63) is 42.7 Å². The van der Waals surface area contributed by atoms with E-state index in [0.29, 0.717) is 13.0 Å². The molecule has 19 heavy (non-hydrogen) atoms. The molecule has 1 aromatic rings. The normalized spacial score (nSPS) is 11.2. The zero-order valence-corrected chi connectivity index (χ0v) is 10.4. The lowest BCUT2D eigenvalue weighted by atomic mass is 10.1. The van der Waals surface area contributed by atoms with Crippen LogP contribution >= 0.6 is 0 Å². The van der Waals surface area contributed by atoms with Gasteiger partial charge in [0.2, 0.25) is 0 Å². The van der Waals surface area contributed by atoms with Crippen LogP contribution in [0, 0.1) is 0 Å². The molecule has 2 heterocycles. The molecule has 0 amide bonds. The third kappa shape index (κ3) is 2.29. The number of para-hydroxylation sites is 1. The SMILES string of the molecule is O=C(O)CCCn1ccc2nc3ccccc3c-2c1. The highest BCUT2D eigenvalue weighted by molar-refractivity contribution is 5.96. The van der Waals surface area contributed by atoms with E-state index in [0.717, 1.165) is 22.2 Å². The molecule has 0 unspecified atom stereocenters. The Hall–Kier alpha value is -2.36. The molecule has 2 aliphatic heterocycles. The Morgan fingerprint density at radius 1 is 1.26 bits per heavy atom. The standard InChI is InChI=1S/C15H14N2O2/c18-15(19)6-3-8-17-9-7-14-12(10-17)11-4-1-2-5-13(11)16-14/h1-2,4-5,7,9-10H,3,6,8H2,(H,18,19). The smallest absolute Gasteiger partial charge is 0.303 e. The first kappa shape index (κ1) is 11.7. The van der Waals surface area contributed by atoms with Crippen LogP contribution in [-0.2, 0) is 11.3 Å². The Morgan fingerprint density at radius 2 is 2.11 bits per heavy atom. The molecule has 0 radical (unpaired) electrons. The number of pyridine rings is 1. The monoisotopic (exact) mass is 254 g/mol. The predicted molar refractivity (Wildman–Crippen MR) is 73.2 cm³/mol. The molecule has 0 bridgehead atoms. The van der Waals surface area contributed by atoms with Crippen molar-refractivity contribution in [2.75, 3.05) is 0 Å². The second-order valence-corrected chi connectivity index (χ2v) is 4.61. The van der Waals surface area contributed by atoms with E-state index in [1.165, 1.54) is 0 Å². The van der Waals surface area contributed by atoms with E-state index in [4.69, 9.17) is 5.11 Å². The number of carboxylic acid groups (broad SMARTS) is 1. The number of carbonyl (C=O) groups is 1. The van der Waals surface area contributed by atoms with Crippen LogP contribution in [0.25, 0.3) is 22.2 Å². The maximum atomic E-state index is 10.5. The number of fused-ring (bicyclic) bond motifs is 3. The molecule has 0 atom stereocenters. The number of hydrogen-bond acceptors (Lipinski definition) is 2. The van der Waals surface area contributed by atoms with Crippen LogP contribution in [0.4, 0.5) is 0 Å². The maximum Gasteiger partial charge on any atom is 0.303 e. The van der Waals surface area contributed by atoms with E-state index in [2.05, 4.69) is 11.1 Å². The summed E-state index contributed by atoms with van der Waals surface area (Å²) in [4.78, 5) is 15.1. The van der Waals surface area contributed by atoms with Crippen LogP contribution in [0.1, 0.15) is 12.8 Å². The highest BCUT2D eigenvalue weighted by atomic mass is 16.4. The molecule has 96 valence electrons. The first-order valence-electron chi connectivity index (χ1n) is 6.30. The van der Waals surface area contributed by atoms with Gasteiger partial charge in [0.1, 0.15) is 0 Å². The van der Waals surface area contributed by atoms with E-state index >= 15 is 0 Å². The number of benzene rings is 1. The van der Waals surface area contributed by atoms with Gasteiger partial charge in [-0.15, -0.1) is 0 Å². The Bertz CT molecular complexity index is 702. The topological polar surface area (TPSA) is 55.1 Å². The first-order valence-corrected chi connectivity index (χ1v) is 6.30. The van der Waals surface area contributed by atoms with E-state index in [-0.39, 0.29) is 6.42 Å². The van der Waals surface area contributed by atoms with Crippen LogP contribution in [0.15, 0.2) is 42.7 Å². The molecule has 1 aromatic carbocycles. The third-order valence-corrected chi connectivity index (χ3v) is 3.24. The fourth-order valence-corrected chi connectivity index (χ4v) is 2.32. The quantitative estimate of drug-likeness (QED) is 0.778. The maximum absolute atomic E-state index is 10.5. The number of aryl methyl sites for hydroxylation is 1. The summed E-state index contributed by atoms with van der Waals surface area (Å²) in [5, 5.41) is 9.80. The summed E-state index contributed by atoms with van der Waals surface area (Å²) < 4.78 is 2.03. The van der Waals surface area contributed by atoms with Crippen LogP contribution in [-0.4, -0.2) is 20.6 Å². The van der Waals surface area contributed by atoms with Crippen LogP contribution < -0.4 is 0 Å².